The third kappa shape index (κ3) is 66.1. The highest BCUT2D eigenvalue weighted by molar-refractivity contribution is 7.45. The first-order valence-corrected chi connectivity index (χ1v) is 38.6. The smallest absolute Gasteiger partial charge is 0.306 e. The lowest BCUT2D eigenvalue weighted by Gasteiger charge is -2.30. The van der Waals surface area contributed by atoms with Gasteiger partial charge < -0.3 is 28.5 Å². The highest BCUT2D eigenvalue weighted by Crippen LogP contribution is 2.38. The van der Waals surface area contributed by atoms with Gasteiger partial charge in [-0.15, -0.1) is 0 Å². The number of phosphoric acid groups is 1. The summed E-state index contributed by atoms with van der Waals surface area (Å²) in [5, 5.41) is 3.05. The Hall–Kier alpha value is -2.29. The molecule has 3 unspecified atom stereocenters. The van der Waals surface area contributed by atoms with E-state index in [0.717, 1.165) is 83.5 Å². The lowest BCUT2D eigenvalue weighted by molar-refractivity contribution is -0.870. The van der Waals surface area contributed by atoms with Crippen molar-refractivity contribution in [3.8, 4) is 0 Å². The number of rotatable bonds is 68. The molecular formula is C76H143N2O7P. The molecule has 0 aliphatic heterocycles. The van der Waals surface area contributed by atoms with Gasteiger partial charge >= 0.3 is 5.97 Å². The van der Waals surface area contributed by atoms with E-state index in [2.05, 4.69) is 74.7 Å². The minimum atomic E-state index is -4.71. The minimum Gasteiger partial charge on any atom is -0.756 e. The van der Waals surface area contributed by atoms with Crippen molar-refractivity contribution in [1.82, 2.24) is 5.32 Å². The van der Waals surface area contributed by atoms with Crippen LogP contribution in [0.4, 0.5) is 0 Å². The molecule has 0 aliphatic rings. The number of quaternary nitrogens is 1. The second-order valence-electron chi connectivity index (χ2n) is 26.4. The number of ether oxygens (including phenoxy) is 1. The molecule has 1 amide bonds. The van der Waals surface area contributed by atoms with Crippen LogP contribution >= 0.6 is 7.82 Å². The first kappa shape index (κ1) is 83.7. The van der Waals surface area contributed by atoms with E-state index in [9.17, 15) is 19.0 Å². The number of phosphoric ester groups is 1. The molecule has 3 atom stereocenters. The van der Waals surface area contributed by atoms with Crippen molar-refractivity contribution in [1.29, 1.82) is 0 Å². The minimum absolute atomic E-state index is 0.0231. The maximum atomic E-state index is 13.6. The normalized spacial score (nSPS) is 13.8. The molecule has 0 aromatic heterocycles. The predicted octanol–water partition coefficient (Wildman–Crippen LogP) is 23.1. The molecule has 86 heavy (non-hydrogen) atoms. The van der Waals surface area contributed by atoms with Crippen molar-refractivity contribution < 1.29 is 37.3 Å². The average molecular weight is 1230 g/mol. The van der Waals surface area contributed by atoms with Crippen molar-refractivity contribution in [2.45, 2.75) is 373 Å². The van der Waals surface area contributed by atoms with E-state index >= 15 is 0 Å². The van der Waals surface area contributed by atoms with Crippen LogP contribution in [-0.4, -0.2) is 69.4 Å². The summed E-state index contributed by atoms with van der Waals surface area (Å²) in [5.74, 6) is -0.535. The SMILES string of the molecule is CCCCC/C=C\C/C=C\C/C=C\CCCCCCCCCCC(=O)OC(/C=C\CCCCCCCCCCCC)C(COP(=O)([O-])OCC[N+](C)(C)C)NC(=O)CCCCCCCCCCCCCCCCCCC/C=C/CCCCCCCC. The van der Waals surface area contributed by atoms with Gasteiger partial charge in [0.15, 0.2) is 0 Å². The number of nitrogens with one attached hydrogen (secondary N) is 1. The number of esters is 1. The summed E-state index contributed by atoms with van der Waals surface area (Å²) in [7, 11) is 1.19. The lowest BCUT2D eigenvalue weighted by atomic mass is 10.0. The number of likely N-dealkylation sites (N-methyl/N-ethyl adjacent to an activating group) is 1. The third-order valence-corrected chi connectivity index (χ3v) is 17.6. The highest BCUT2D eigenvalue weighted by Gasteiger charge is 2.27. The first-order valence-electron chi connectivity index (χ1n) is 37.1. The summed E-state index contributed by atoms with van der Waals surface area (Å²) < 4.78 is 30.5. The molecule has 0 bridgehead atoms. The number of allylic oxidation sites excluding steroid dienone is 9. The van der Waals surface area contributed by atoms with Gasteiger partial charge in [0.2, 0.25) is 5.91 Å². The van der Waals surface area contributed by atoms with E-state index in [-0.39, 0.29) is 31.5 Å². The largest absolute Gasteiger partial charge is 0.756 e. The summed E-state index contributed by atoms with van der Waals surface area (Å²) in [4.78, 5) is 40.2. The summed E-state index contributed by atoms with van der Waals surface area (Å²) >= 11 is 0. The first-order chi connectivity index (χ1) is 41.9. The van der Waals surface area contributed by atoms with Crippen molar-refractivity contribution >= 4 is 19.7 Å². The van der Waals surface area contributed by atoms with Gasteiger partial charge in [0.05, 0.1) is 33.8 Å². The molecule has 0 radical (unpaired) electrons. The van der Waals surface area contributed by atoms with Crippen LogP contribution in [0.25, 0.3) is 0 Å². The van der Waals surface area contributed by atoms with Crippen LogP contribution in [0.15, 0.2) is 60.8 Å². The van der Waals surface area contributed by atoms with E-state index in [1.165, 1.54) is 244 Å². The van der Waals surface area contributed by atoms with E-state index < -0.39 is 20.0 Å². The van der Waals surface area contributed by atoms with Crippen molar-refractivity contribution in [3.05, 3.63) is 60.8 Å². The van der Waals surface area contributed by atoms with Gasteiger partial charge in [0.1, 0.15) is 19.3 Å². The molecule has 0 spiro atoms. The molecule has 0 aromatic rings. The van der Waals surface area contributed by atoms with E-state index in [4.69, 9.17) is 13.8 Å². The van der Waals surface area contributed by atoms with Crippen LogP contribution in [0.3, 0.4) is 0 Å². The summed E-state index contributed by atoms with van der Waals surface area (Å²) in [6.45, 7) is 6.85. The Morgan fingerprint density at radius 1 is 0.407 bits per heavy atom. The summed E-state index contributed by atoms with van der Waals surface area (Å²) in [5.41, 5.74) is 0. The zero-order valence-electron chi connectivity index (χ0n) is 57.8. The Morgan fingerprint density at radius 3 is 1.09 bits per heavy atom. The van der Waals surface area contributed by atoms with Crippen LogP contribution in [0, 0.1) is 0 Å². The molecule has 0 rings (SSSR count). The Bertz CT molecular complexity index is 1650. The van der Waals surface area contributed by atoms with E-state index in [0.29, 0.717) is 17.4 Å². The highest BCUT2D eigenvalue weighted by atomic mass is 31.2. The molecule has 0 saturated heterocycles. The Morgan fingerprint density at radius 2 is 0.709 bits per heavy atom. The average Bonchev–Trinajstić information content (AvgIpc) is 3.69. The number of carbonyl (C=O) groups is 2. The zero-order valence-corrected chi connectivity index (χ0v) is 58.7. The molecule has 504 valence electrons. The van der Waals surface area contributed by atoms with Crippen molar-refractivity contribution in [3.63, 3.8) is 0 Å². The second kappa shape index (κ2) is 65.7. The number of hydrogen-bond acceptors (Lipinski definition) is 7. The van der Waals surface area contributed by atoms with Crippen LogP contribution in [0.1, 0.15) is 361 Å². The van der Waals surface area contributed by atoms with Gasteiger partial charge in [-0.05, 0) is 96.0 Å². The quantitative estimate of drug-likeness (QED) is 0.0212. The Kier molecular flexibility index (Phi) is 63.9. The maximum Gasteiger partial charge on any atom is 0.306 e. The maximum absolute atomic E-state index is 13.6. The third-order valence-electron chi connectivity index (χ3n) is 16.7. The van der Waals surface area contributed by atoms with Gasteiger partial charge in [0.25, 0.3) is 7.82 Å². The Balaban J connectivity index is 4.99. The molecule has 0 aromatic carbocycles. The van der Waals surface area contributed by atoms with Crippen molar-refractivity contribution in [2.24, 2.45) is 0 Å². The molecule has 0 saturated carbocycles. The monoisotopic (exact) mass is 1230 g/mol. The summed E-state index contributed by atoms with van der Waals surface area (Å²) in [6, 6.07) is -0.892. The van der Waals surface area contributed by atoms with Gasteiger partial charge in [-0.25, -0.2) is 0 Å². The standard InChI is InChI=1S/C76H143N2O7P/c1-7-10-13-16-19-22-25-28-30-32-34-36-37-38-39-40-41-43-44-46-48-50-53-56-59-62-65-68-75(79)77-73(72-84-86(81,82)83-71-70-78(4,5)6)74(67-64-61-58-55-52-27-24-21-18-15-12-9-3)85-76(80)69-66-63-60-57-54-51-49-47-45-42-35-33-31-29-26-23-20-17-14-11-8-2/h20,23,28-31,35,42,64,67,73-74H,7-19,21-22,24-27,32-34,36-41,43-63,65-66,68-72H2,1-6H3,(H-,77,79,81,82)/b23-20-,30-28+,31-29-,42-35-,67-64-. The fraction of sp³-hybridized carbons (Fsp3) is 0.842. The van der Waals surface area contributed by atoms with Gasteiger partial charge in [-0.1, -0.05) is 313 Å². The van der Waals surface area contributed by atoms with E-state index in [1.54, 1.807) is 0 Å². The number of carbonyl (C=O) groups excluding carboxylic acids is 2. The van der Waals surface area contributed by atoms with Gasteiger partial charge in [0, 0.05) is 12.8 Å². The fourth-order valence-electron chi connectivity index (χ4n) is 10.9. The molecule has 0 heterocycles. The van der Waals surface area contributed by atoms with Gasteiger partial charge in [-0.2, -0.15) is 0 Å². The zero-order chi connectivity index (χ0) is 62.8. The molecule has 9 nitrogen and oxygen atoms in total. The van der Waals surface area contributed by atoms with Crippen LogP contribution in [0.5, 0.6) is 0 Å². The van der Waals surface area contributed by atoms with Gasteiger partial charge in [-0.3, -0.25) is 14.2 Å². The lowest BCUT2D eigenvalue weighted by Crippen LogP contribution is -2.47. The summed E-state index contributed by atoms with van der Waals surface area (Å²) in [6.07, 6.45) is 84.9. The fourth-order valence-corrected chi connectivity index (χ4v) is 11.7. The van der Waals surface area contributed by atoms with Crippen LogP contribution < -0.4 is 10.2 Å². The number of nitrogens with zero attached hydrogens (tertiary/aromatic N) is 1. The van der Waals surface area contributed by atoms with Crippen LogP contribution in [-0.2, 0) is 27.9 Å². The molecular weight excluding hydrogens is 1080 g/mol. The molecule has 1 N–H and O–H groups in total. The number of hydrogen-bond donors (Lipinski definition) is 1. The van der Waals surface area contributed by atoms with Crippen molar-refractivity contribution in [2.75, 3.05) is 40.9 Å². The molecule has 0 fully saturated rings. The second-order valence-corrected chi connectivity index (χ2v) is 27.9. The topological polar surface area (TPSA) is 114 Å². The Labute approximate surface area is 534 Å². The number of amides is 1. The van der Waals surface area contributed by atoms with Crippen LogP contribution in [0.2, 0.25) is 0 Å². The van der Waals surface area contributed by atoms with E-state index in [1.807, 2.05) is 33.3 Å². The predicted molar refractivity (Wildman–Crippen MR) is 372 cm³/mol. The molecule has 10 heteroatoms. The molecule has 0 aliphatic carbocycles. The number of unbranched alkanes of at least 4 members (excludes halogenated alkanes) is 44.